The second kappa shape index (κ2) is 1.15. The van der Waals surface area contributed by atoms with Crippen molar-refractivity contribution in [2.45, 2.75) is 6.17 Å². The summed E-state index contributed by atoms with van der Waals surface area (Å²) in [6.07, 6.45) is 3.08. The summed E-state index contributed by atoms with van der Waals surface area (Å²) in [5.74, 6) is 0.838. The minimum Gasteiger partial charge on any atom is -0.331 e. The molecule has 0 radical (unpaired) electrons. The van der Waals surface area contributed by atoms with Gasteiger partial charge in [0.2, 0.25) is 6.17 Å². The molecule has 0 bridgehead atoms. The predicted molar refractivity (Wildman–Crippen MR) is 31.3 cm³/mol. The Bertz CT molecular complexity index is 190. The second-order valence-corrected chi connectivity index (χ2v) is 1.58. The maximum atomic E-state index is 3.93. The Morgan fingerprint density at radius 3 is 3.38 bits per heavy atom. The molecule has 1 N–H and O–H groups in total. The van der Waals surface area contributed by atoms with Crippen LogP contribution in [0.15, 0.2) is 15.0 Å². The zero-order valence-corrected chi connectivity index (χ0v) is 4.07. The van der Waals surface area contributed by atoms with Gasteiger partial charge in [-0.05, 0) is 0 Å². The van der Waals surface area contributed by atoms with Crippen molar-refractivity contribution in [3.63, 3.8) is 0 Å². The van der Waals surface area contributed by atoms with Crippen LogP contribution in [-0.2, 0) is 0 Å². The number of aliphatic imine (C=N–C) groups is 3. The van der Waals surface area contributed by atoms with E-state index in [4.69, 9.17) is 0 Å². The van der Waals surface area contributed by atoms with Gasteiger partial charge in [0.15, 0.2) is 5.84 Å². The molecular formula is C4H4N4. The van der Waals surface area contributed by atoms with E-state index in [2.05, 4.69) is 20.3 Å². The molecule has 2 aliphatic rings. The van der Waals surface area contributed by atoms with E-state index in [1.165, 1.54) is 6.34 Å². The maximum Gasteiger partial charge on any atom is 0.200 e. The highest BCUT2D eigenvalue weighted by Crippen LogP contribution is 2.02. The second-order valence-electron chi connectivity index (χ2n) is 1.58. The van der Waals surface area contributed by atoms with Gasteiger partial charge >= 0.3 is 0 Å². The third-order valence-electron chi connectivity index (χ3n) is 1.08. The summed E-state index contributed by atoms with van der Waals surface area (Å²) < 4.78 is 0. The number of rotatable bonds is 0. The van der Waals surface area contributed by atoms with Gasteiger partial charge in [-0.3, -0.25) is 0 Å². The number of amidine groups is 1. The first-order chi connectivity index (χ1) is 3.97. The molecule has 8 heavy (non-hydrogen) atoms. The van der Waals surface area contributed by atoms with Gasteiger partial charge in [-0.2, -0.15) is 0 Å². The fraction of sp³-hybridized carbons (Fsp3) is 0.250. The van der Waals surface area contributed by atoms with Crippen LogP contribution in [0, 0.1) is 0 Å². The molecule has 0 aromatic carbocycles. The first kappa shape index (κ1) is 3.77. The molecule has 0 aromatic rings. The highest BCUT2D eigenvalue weighted by Gasteiger charge is 2.18. The Labute approximate surface area is 46.1 Å². The van der Waals surface area contributed by atoms with Crippen molar-refractivity contribution in [3.8, 4) is 0 Å². The van der Waals surface area contributed by atoms with Crippen LogP contribution < -0.4 is 5.32 Å². The summed E-state index contributed by atoms with van der Waals surface area (Å²) in [5.41, 5.74) is 0. The Balaban J connectivity index is 2.39. The third kappa shape index (κ3) is 0.318. The topological polar surface area (TPSA) is 49.1 Å². The lowest BCUT2D eigenvalue weighted by molar-refractivity contribution is 0.966. The lowest BCUT2D eigenvalue weighted by atomic mass is 10.5. The molecule has 0 amide bonds. The van der Waals surface area contributed by atoms with Crippen molar-refractivity contribution in [1.29, 1.82) is 0 Å². The molecule has 0 saturated carbocycles. The van der Waals surface area contributed by atoms with Crippen molar-refractivity contribution < 1.29 is 0 Å². The Morgan fingerprint density at radius 2 is 2.50 bits per heavy atom. The summed E-state index contributed by atoms with van der Waals surface area (Å²) in [6, 6.07) is 0. The molecule has 4 heteroatoms. The van der Waals surface area contributed by atoms with E-state index in [0.29, 0.717) is 0 Å². The number of hydrogen-bond acceptors (Lipinski definition) is 4. The van der Waals surface area contributed by atoms with Crippen LogP contribution in [0.2, 0.25) is 0 Å². The van der Waals surface area contributed by atoms with Crippen LogP contribution >= 0.6 is 0 Å². The minimum absolute atomic E-state index is 0.0463. The summed E-state index contributed by atoms with van der Waals surface area (Å²) in [6.45, 7) is 0. The summed E-state index contributed by atoms with van der Waals surface area (Å²) in [4.78, 5) is 11.7. The molecule has 0 aromatic heterocycles. The minimum atomic E-state index is -0.0463. The van der Waals surface area contributed by atoms with Gasteiger partial charge in [-0.15, -0.1) is 0 Å². The SMILES string of the molecule is C1=NC2N=CNC2=N1. The lowest BCUT2D eigenvalue weighted by Crippen LogP contribution is -2.20. The normalized spacial score (nSPS) is 30.0. The van der Waals surface area contributed by atoms with Crippen molar-refractivity contribution in [2.75, 3.05) is 0 Å². The predicted octanol–water partition coefficient (Wildman–Crippen LogP) is -0.616. The van der Waals surface area contributed by atoms with Gasteiger partial charge in [0.05, 0.1) is 6.34 Å². The standard InChI is InChI=1S/C4H4N4/c1-5-3-4(6-1)8-2-7-3/h1-3H,(H,5,6,7,8). The van der Waals surface area contributed by atoms with Crippen LogP contribution in [-0.4, -0.2) is 24.7 Å². The summed E-state index contributed by atoms with van der Waals surface area (Å²) in [7, 11) is 0. The highest BCUT2D eigenvalue weighted by molar-refractivity contribution is 6.06. The monoisotopic (exact) mass is 108 g/mol. The molecule has 1 atom stereocenters. The van der Waals surface area contributed by atoms with Gasteiger partial charge in [0.25, 0.3) is 0 Å². The number of nitrogens with zero attached hydrogens (tertiary/aromatic N) is 3. The highest BCUT2D eigenvalue weighted by atomic mass is 15.2. The van der Waals surface area contributed by atoms with Crippen LogP contribution in [0.25, 0.3) is 0 Å². The number of hydrogen-bond donors (Lipinski definition) is 1. The molecule has 2 aliphatic heterocycles. The molecule has 2 rings (SSSR count). The fourth-order valence-electron chi connectivity index (χ4n) is 0.691. The van der Waals surface area contributed by atoms with E-state index < -0.39 is 0 Å². The lowest BCUT2D eigenvalue weighted by Gasteiger charge is -1.91. The van der Waals surface area contributed by atoms with Crippen LogP contribution in [0.1, 0.15) is 0 Å². The Hall–Kier alpha value is -1.19. The van der Waals surface area contributed by atoms with Crippen molar-refractivity contribution in [3.05, 3.63) is 0 Å². The smallest absolute Gasteiger partial charge is 0.200 e. The van der Waals surface area contributed by atoms with E-state index in [9.17, 15) is 0 Å². The van der Waals surface area contributed by atoms with Crippen LogP contribution in [0.3, 0.4) is 0 Å². The average Bonchev–Trinajstić information content (AvgIpc) is 2.15. The van der Waals surface area contributed by atoms with Crippen molar-refractivity contribution >= 4 is 18.5 Å². The summed E-state index contributed by atoms with van der Waals surface area (Å²) in [5, 5.41) is 2.85. The van der Waals surface area contributed by atoms with Gasteiger partial charge in [-0.1, -0.05) is 0 Å². The van der Waals surface area contributed by atoms with Gasteiger partial charge in [-0.25, -0.2) is 15.0 Å². The molecular weight excluding hydrogens is 104 g/mol. The molecule has 40 valence electrons. The van der Waals surface area contributed by atoms with E-state index >= 15 is 0 Å². The molecule has 2 heterocycles. The fourth-order valence-corrected chi connectivity index (χ4v) is 0.691. The first-order valence-corrected chi connectivity index (χ1v) is 2.34. The molecule has 0 spiro atoms. The molecule has 0 saturated heterocycles. The molecule has 4 nitrogen and oxygen atoms in total. The molecule has 0 aliphatic carbocycles. The van der Waals surface area contributed by atoms with Crippen LogP contribution in [0.5, 0.6) is 0 Å². The van der Waals surface area contributed by atoms with Gasteiger partial charge in [0, 0.05) is 0 Å². The number of fused-ring (bicyclic) bond motifs is 1. The zero-order valence-electron chi connectivity index (χ0n) is 4.07. The Kier molecular flexibility index (Phi) is 0.542. The van der Waals surface area contributed by atoms with Gasteiger partial charge in [0.1, 0.15) is 6.34 Å². The van der Waals surface area contributed by atoms with Crippen LogP contribution in [0.4, 0.5) is 0 Å². The molecule has 1 unspecified atom stereocenters. The van der Waals surface area contributed by atoms with Crippen molar-refractivity contribution in [2.24, 2.45) is 15.0 Å². The van der Waals surface area contributed by atoms with E-state index in [-0.39, 0.29) is 6.17 Å². The van der Waals surface area contributed by atoms with E-state index in [1.54, 1.807) is 6.34 Å². The molecule has 0 fully saturated rings. The quantitative estimate of drug-likeness (QED) is 0.442. The summed E-state index contributed by atoms with van der Waals surface area (Å²) >= 11 is 0. The average molecular weight is 108 g/mol. The van der Waals surface area contributed by atoms with Crippen molar-refractivity contribution in [1.82, 2.24) is 5.32 Å². The van der Waals surface area contributed by atoms with E-state index in [1.807, 2.05) is 0 Å². The zero-order chi connectivity index (χ0) is 5.40. The maximum absolute atomic E-state index is 3.93. The first-order valence-electron chi connectivity index (χ1n) is 2.34. The third-order valence-corrected chi connectivity index (χ3v) is 1.08. The van der Waals surface area contributed by atoms with Gasteiger partial charge < -0.3 is 5.32 Å². The van der Waals surface area contributed by atoms with E-state index in [0.717, 1.165) is 5.84 Å². The Morgan fingerprint density at radius 1 is 1.50 bits per heavy atom. The number of nitrogens with one attached hydrogen (secondary N) is 1. The largest absolute Gasteiger partial charge is 0.331 e.